The molecule has 2 N–H and O–H groups in total. The number of halogens is 1. The zero-order chi connectivity index (χ0) is 20.6. The zero-order valence-electron chi connectivity index (χ0n) is 16.5. The van der Waals surface area contributed by atoms with Crippen molar-refractivity contribution in [3.63, 3.8) is 0 Å². The number of nitrogens with one attached hydrogen (secondary N) is 2. The third kappa shape index (κ3) is 5.87. The lowest BCUT2D eigenvalue weighted by Crippen LogP contribution is -2.36. The first-order chi connectivity index (χ1) is 14.1. The van der Waals surface area contributed by atoms with E-state index in [1.165, 1.54) is 38.1 Å². The number of rotatable bonds is 6. The molecule has 2 aromatic rings. The maximum Gasteiger partial charge on any atom is 0.313 e. The highest BCUT2D eigenvalue weighted by atomic mass is 35.5. The lowest BCUT2D eigenvalue weighted by atomic mass is 10.1. The van der Waals surface area contributed by atoms with Gasteiger partial charge in [0.05, 0.1) is 12.8 Å². The molecule has 0 aliphatic carbocycles. The largest absolute Gasteiger partial charge is 0.495 e. The second kappa shape index (κ2) is 10.2. The minimum Gasteiger partial charge on any atom is -0.495 e. The van der Waals surface area contributed by atoms with Crippen molar-refractivity contribution in [2.75, 3.05) is 37.0 Å². The average molecular weight is 416 g/mol. The van der Waals surface area contributed by atoms with Crippen LogP contribution in [-0.2, 0) is 16.0 Å². The Morgan fingerprint density at radius 1 is 1.03 bits per heavy atom. The van der Waals surface area contributed by atoms with E-state index in [0.29, 0.717) is 29.4 Å². The molecule has 1 saturated heterocycles. The van der Waals surface area contributed by atoms with E-state index in [-0.39, 0.29) is 0 Å². The Bertz CT molecular complexity index is 849. The number of benzene rings is 2. The Kier molecular flexibility index (Phi) is 7.36. The molecular formula is C22H26ClN3O3. The van der Waals surface area contributed by atoms with E-state index in [9.17, 15) is 9.59 Å². The molecule has 2 amide bonds. The highest BCUT2D eigenvalue weighted by molar-refractivity contribution is 6.40. The molecule has 0 bridgehead atoms. The van der Waals surface area contributed by atoms with E-state index in [1.54, 1.807) is 12.1 Å². The molecule has 1 aliphatic rings. The van der Waals surface area contributed by atoms with Gasteiger partial charge >= 0.3 is 11.8 Å². The van der Waals surface area contributed by atoms with Crippen molar-refractivity contribution >= 4 is 34.8 Å². The van der Waals surface area contributed by atoms with Gasteiger partial charge in [-0.2, -0.15) is 0 Å². The molecular weight excluding hydrogens is 390 g/mol. The van der Waals surface area contributed by atoms with Gasteiger partial charge in [-0.15, -0.1) is 0 Å². The highest BCUT2D eigenvalue weighted by Crippen LogP contribution is 2.27. The van der Waals surface area contributed by atoms with Gasteiger partial charge < -0.3 is 20.3 Å². The van der Waals surface area contributed by atoms with Gasteiger partial charge in [0.1, 0.15) is 5.75 Å². The normalized spacial score (nSPS) is 13.7. The molecule has 0 aromatic heterocycles. The molecule has 0 spiro atoms. The van der Waals surface area contributed by atoms with E-state index in [1.807, 2.05) is 0 Å². The van der Waals surface area contributed by atoms with Crippen molar-refractivity contribution in [2.24, 2.45) is 0 Å². The topological polar surface area (TPSA) is 70.7 Å². The molecule has 0 radical (unpaired) electrons. The van der Waals surface area contributed by atoms with Crippen LogP contribution in [0.3, 0.4) is 0 Å². The van der Waals surface area contributed by atoms with Crippen LogP contribution in [0.1, 0.15) is 24.8 Å². The third-order valence-corrected chi connectivity index (χ3v) is 5.21. The molecule has 154 valence electrons. The van der Waals surface area contributed by atoms with Crippen LogP contribution >= 0.6 is 11.6 Å². The zero-order valence-corrected chi connectivity index (χ0v) is 17.3. The number of piperidine rings is 1. The first-order valence-corrected chi connectivity index (χ1v) is 10.2. The summed E-state index contributed by atoms with van der Waals surface area (Å²) in [7, 11) is 1.48. The van der Waals surface area contributed by atoms with Gasteiger partial charge in [-0.05, 0) is 61.6 Å². The molecule has 1 aliphatic heterocycles. The van der Waals surface area contributed by atoms with Crippen molar-refractivity contribution in [1.82, 2.24) is 5.32 Å². The van der Waals surface area contributed by atoms with E-state index in [0.717, 1.165) is 18.7 Å². The minimum atomic E-state index is -0.758. The van der Waals surface area contributed by atoms with Gasteiger partial charge in [-0.1, -0.05) is 23.7 Å². The molecule has 6 nitrogen and oxygen atoms in total. The summed E-state index contributed by atoms with van der Waals surface area (Å²) in [5.74, 6) is -1.02. The van der Waals surface area contributed by atoms with Crippen LogP contribution in [0.4, 0.5) is 11.4 Å². The van der Waals surface area contributed by atoms with Crippen molar-refractivity contribution in [3.8, 4) is 5.75 Å². The van der Waals surface area contributed by atoms with Gasteiger partial charge in [0.25, 0.3) is 0 Å². The van der Waals surface area contributed by atoms with Crippen molar-refractivity contribution < 1.29 is 14.3 Å². The fourth-order valence-electron chi connectivity index (χ4n) is 3.38. The smallest absolute Gasteiger partial charge is 0.313 e. The summed E-state index contributed by atoms with van der Waals surface area (Å²) < 4.78 is 5.16. The summed E-state index contributed by atoms with van der Waals surface area (Å²) in [4.78, 5) is 26.6. The molecule has 0 atom stereocenters. The summed E-state index contributed by atoms with van der Waals surface area (Å²) in [6.45, 7) is 2.60. The number of amides is 2. The van der Waals surface area contributed by atoms with E-state index < -0.39 is 11.8 Å². The number of nitrogens with zero attached hydrogens (tertiary/aromatic N) is 1. The average Bonchev–Trinajstić information content (AvgIpc) is 2.75. The fraction of sp³-hybridized carbons (Fsp3) is 0.364. The molecule has 2 aromatic carbocycles. The van der Waals surface area contributed by atoms with Gasteiger partial charge in [-0.25, -0.2) is 0 Å². The Hall–Kier alpha value is -2.73. The monoisotopic (exact) mass is 415 g/mol. The first kappa shape index (κ1) is 21.0. The maximum atomic E-state index is 12.1. The predicted molar refractivity (Wildman–Crippen MR) is 116 cm³/mol. The van der Waals surface area contributed by atoms with Crippen molar-refractivity contribution in [1.29, 1.82) is 0 Å². The molecule has 1 fully saturated rings. The molecule has 1 heterocycles. The van der Waals surface area contributed by atoms with Crippen LogP contribution in [0.2, 0.25) is 5.02 Å². The SMILES string of the molecule is COc1ccc(Cl)cc1NC(=O)C(=O)NCCc1ccc(N2CCCCC2)cc1. The number of ether oxygens (including phenoxy) is 1. The van der Waals surface area contributed by atoms with Crippen molar-refractivity contribution in [2.45, 2.75) is 25.7 Å². The predicted octanol–water partition coefficient (Wildman–Crippen LogP) is 3.64. The Morgan fingerprint density at radius 2 is 1.76 bits per heavy atom. The molecule has 3 rings (SSSR count). The Labute approximate surface area is 176 Å². The molecule has 0 saturated carbocycles. The van der Waals surface area contributed by atoms with Crippen LogP contribution in [0.25, 0.3) is 0 Å². The van der Waals surface area contributed by atoms with E-state index in [4.69, 9.17) is 16.3 Å². The maximum absolute atomic E-state index is 12.1. The second-order valence-corrected chi connectivity index (χ2v) is 7.46. The lowest BCUT2D eigenvalue weighted by Gasteiger charge is -2.28. The molecule has 29 heavy (non-hydrogen) atoms. The number of hydrogen-bond donors (Lipinski definition) is 2. The standard InChI is InChI=1S/C22H26ClN3O3/c1-29-20-10-7-17(23)15-19(20)25-22(28)21(27)24-12-11-16-5-8-18(9-6-16)26-13-3-2-4-14-26/h5-10,15H,2-4,11-14H2,1H3,(H,24,27)(H,25,28). The van der Waals surface area contributed by atoms with E-state index in [2.05, 4.69) is 39.8 Å². The summed E-state index contributed by atoms with van der Waals surface area (Å²) in [5, 5.41) is 5.61. The number of anilines is 2. The summed E-state index contributed by atoms with van der Waals surface area (Å²) in [5.41, 5.74) is 2.71. The number of carbonyl (C=O) groups excluding carboxylic acids is 2. The number of carbonyl (C=O) groups is 2. The van der Waals surface area contributed by atoms with E-state index >= 15 is 0 Å². The van der Waals surface area contributed by atoms with Crippen LogP contribution in [0, 0.1) is 0 Å². The number of hydrogen-bond acceptors (Lipinski definition) is 4. The molecule has 7 heteroatoms. The van der Waals surface area contributed by atoms with Crippen LogP contribution < -0.4 is 20.3 Å². The highest BCUT2D eigenvalue weighted by Gasteiger charge is 2.16. The Morgan fingerprint density at radius 3 is 2.45 bits per heavy atom. The summed E-state index contributed by atoms with van der Waals surface area (Å²) >= 11 is 5.94. The lowest BCUT2D eigenvalue weighted by molar-refractivity contribution is -0.136. The van der Waals surface area contributed by atoms with Gasteiger partial charge in [0.15, 0.2) is 0 Å². The third-order valence-electron chi connectivity index (χ3n) is 4.97. The molecule has 0 unspecified atom stereocenters. The Balaban J connectivity index is 1.47. The first-order valence-electron chi connectivity index (χ1n) is 9.83. The van der Waals surface area contributed by atoms with Crippen LogP contribution in [0.5, 0.6) is 5.75 Å². The number of methoxy groups -OCH3 is 1. The minimum absolute atomic E-state index is 0.355. The van der Waals surface area contributed by atoms with Crippen LogP contribution in [0.15, 0.2) is 42.5 Å². The van der Waals surface area contributed by atoms with Gasteiger partial charge in [0, 0.05) is 30.3 Å². The van der Waals surface area contributed by atoms with Crippen LogP contribution in [-0.4, -0.2) is 38.6 Å². The quantitative estimate of drug-likeness (QED) is 0.707. The van der Waals surface area contributed by atoms with Gasteiger partial charge in [0.2, 0.25) is 0 Å². The second-order valence-electron chi connectivity index (χ2n) is 7.02. The summed E-state index contributed by atoms with van der Waals surface area (Å²) in [6.07, 6.45) is 4.46. The van der Waals surface area contributed by atoms with Gasteiger partial charge in [-0.3, -0.25) is 9.59 Å². The van der Waals surface area contributed by atoms with Crippen molar-refractivity contribution in [3.05, 3.63) is 53.1 Å². The fourth-order valence-corrected chi connectivity index (χ4v) is 3.56. The summed E-state index contributed by atoms with van der Waals surface area (Å²) in [6, 6.07) is 13.2.